The molecule has 1 rings (SSSR count). The van der Waals surface area contributed by atoms with Gasteiger partial charge >= 0.3 is 0 Å². The van der Waals surface area contributed by atoms with E-state index in [1.54, 1.807) is 6.08 Å². The van der Waals surface area contributed by atoms with Crippen molar-refractivity contribution in [1.29, 1.82) is 0 Å². The minimum atomic E-state index is 0.335. The molecule has 0 amide bonds. The molecule has 38 valence electrons. The maximum absolute atomic E-state index is 4.82. The summed E-state index contributed by atoms with van der Waals surface area (Å²) in [4.78, 5) is 0. The lowest BCUT2D eigenvalue weighted by Crippen LogP contribution is -1.79. The van der Waals surface area contributed by atoms with Gasteiger partial charge in [-0.05, 0) is 6.08 Å². The Balaban J connectivity index is 2.51. The summed E-state index contributed by atoms with van der Waals surface area (Å²) < 4.78 is 9.52. The Morgan fingerprint density at radius 3 is 3.00 bits per heavy atom. The van der Waals surface area contributed by atoms with E-state index in [9.17, 15) is 0 Å². The summed E-state index contributed by atoms with van der Waals surface area (Å²) in [5, 5.41) is 0. The number of hydrogen-bond donors (Lipinski definition) is 0. The zero-order valence-electron chi connectivity index (χ0n) is 3.89. The van der Waals surface area contributed by atoms with E-state index in [0.717, 1.165) is 0 Å². The molecule has 0 saturated carbocycles. The van der Waals surface area contributed by atoms with Crippen LogP contribution in [0.15, 0.2) is 24.7 Å². The molecule has 0 aliphatic carbocycles. The molecule has 0 spiro atoms. The molecule has 0 saturated heterocycles. The molecule has 0 bridgehead atoms. The zero-order valence-corrected chi connectivity index (χ0v) is 3.89. The molecule has 1 aliphatic heterocycles. The predicted molar refractivity (Wildman–Crippen MR) is 25.3 cm³/mol. The van der Waals surface area contributed by atoms with Gasteiger partial charge in [0.15, 0.2) is 5.76 Å². The summed E-state index contributed by atoms with van der Waals surface area (Å²) in [6.45, 7) is 3.80. The molecule has 0 aromatic carbocycles. The Hall–Kier alpha value is -0.920. The Morgan fingerprint density at radius 1 is 1.86 bits per heavy atom. The van der Waals surface area contributed by atoms with Crippen LogP contribution >= 0.6 is 0 Å². The van der Waals surface area contributed by atoms with Crippen molar-refractivity contribution in [2.24, 2.45) is 0 Å². The molecule has 0 fully saturated rings. The molecular weight excluding hydrogens is 92.1 g/mol. The Bertz CT molecular complexity index is 105. The fourth-order valence-electron chi connectivity index (χ4n) is 0.359. The first-order valence-corrected chi connectivity index (χ1v) is 2.00. The van der Waals surface area contributed by atoms with Crippen LogP contribution in [0.5, 0.6) is 0 Å². The third-order valence-electron chi connectivity index (χ3n) is 0.694. The van der Waals surface area contributed by atoms with Gasteiger partial charge in [-0.1, -0.05) is 6.58 Å². The smallest absolute Gasteiger partial charge is 0.230 e. The second kappa shape index (κ2) is 1.69. The lowest BCUT2D eigenvalue weighted by molar-refractivity contribution is 0.0845. The van der Waals surface area contributed by atoms with Crippen LogP contribution in [0, 0.1) is 0 Å². The fourth-order valence-corrected chi connectivity index (χ4v) is 0.359. The molecule has 1 aliphatic rings. The van der Waals surface area contributed by atoms with Gasteiger partial charge in [0, 0.05) is 0 Å². The van der Waals surface area contributed by atoms with Crippen LogP contribution < -0.4 is 0 Å². The van der Waals surface area contributed by atoms with Crippen LogP contribution in [0.2, 0.25) is 0 Å². The second-order valence-electron chi connectivity index (χ2n) is 1.15. The normalized spacial score (nSPS) is 16.9. The molecule has 0 aromatic rings. The molecule has 0 N–H and O–H groups in total. The van der Waals surface area contributed by atoms with E-state index in [4.69, 9.17) is 9.47 Å². The summed E-state index contributed by atoms with van der Waals surface area (Å²) in [5.41, 5.74) is 0. The summed E-state index contributed by atoms with van der Waals surface area (Å²) in [7, 11) is 0. The third-order valence-corrected chi connectivity index (χ3v) is 0.694. The highest BCUT2D eigenvalue weighted by atomic mass is 16.7. The van der Waals surface area contributed by atoms with Crippen LogP contribution in [0.1, 0.15) is 0 Å². The molecule has 0 aromatic heterocycles. The van der Waals surface area contributed by atoms with Gasteiger partial charge in [-0.2, -0.15) is 0 Å². The quantitative estimate of drug-likeness (QED) is 0.487. The standard InChI is InChI=1S/C5H6O2/c1-2-5-3-6-4-7-5/h2-3H,1,4H2. The van der Waals surface area contributed by atoms with Crippen molar-refractivity contribution in [1.82, 2.24) is 0 Å². The van der Waals surface area contributed by atoms with Gasteiger partial charge in [-0.3, -0.25) is 0 Å². The van der Waals surface area contributed by atoms with Crippen LogP contribution in [-0.2, 0) is 9.47 Å². The Morgan fingerprint density at radius 2 is 2.71 bits per heavy atom. The van der Waals surface area contributed by atoms with E-state index in [1.165, 1.54) is 6.26 Å². The number of ether oxygens (including phenoxy) is 2. The molecule has 1 heterocycles. The molecule has 0 radical (unpaired) electrons. The molecule has 7 heavy (non-hydrogen) atoms. The molecule has 0 unspecified atom stereocenters. The predicted octanol–water partition coefficient (Wildman–Crippen LogP) is 1.02. The summed E-state index contributed by atoms with van der Waals surface area (Å²) in [5.74, 6) is 0.708. The van der Waals surface area contributed by atoms with Crippen LogP contribution in [0.3, 0.4) is 0 Å². The number of rotatable bonds is 1. The van der Waals surface area contributed by atoms with Crippen LogP contribution in [0.25, 0.3) is 0 Å². The lowest BCUT2D eigenvalue weighted by atomic mass is 10.5. The average molecular weight is 98.1 g/mol. The summed E-state index contributed by atoms with van der Waals surface area (Å²) in [6.07, 6.45) is 3.14. The average Bonchev–Trinajstić information content (AvgIpc) is 2.14. The first kappa shape index (κ1) is 4.24. The van der Waals surface area contributed by atoms with Gasteiger partial charge in [0.2, 0.25) is 6.79 Å². The first-order chi connectivity index (χ1) is 3.43. The van der Waals surface area contributed by atoms with Crippen molar-refractivity contribution in [2.45, 2.75) is 0 Å². The highest BCUT2D eigenvalue weighted by molar-refractivity contribution is 5.06. The van der Waals surface area contributed by atoms with Gasteiger partial charge in [0.1, 0.15) is 6.26 Å². The molecular formula is C5H6O2. The highest BCUT2D eigenvalue weighted by Crippen LogP contribution is 2.05. The van der Waals surface area contributed by atoms with Crippen LogP contribution in [-0.4, -0.2) is 6.79 Å². The van der Waals surface area contributed by atoms with Crippen molar-refractivity contribution in [3.63, 3.8) is 0 Å². The van der Waals surface area contributed by atoms with Crippen molar-refractivity contribution in [3.8, 4) is 0 Å². The Labute approximate surface area is 42.0 Å². The maximum Gasteiger partial charge on any atom is 0.230 e. The van der Waals surface area contributed by atoms with Gasteiger partial charge in [-0.15, -0.1) is 0 Å². The van der Waals surface area contributed by atoms with Crippen molar-refractivity contribution in [3.05, 3.63) is 24.7 Å². The van der Waals surface area contributed by atoms with E-state index < -0.39 is 0 Å². The molecule has 2 nitrogen and oxygen atoms in total. The second-order valence-corrected chi connectivity index (χ2v) is 1.15. The minimum Gasteiger partial charge on any atom is -0.461 e. The van der Waals surface area contributed by atoms with E-state index in [1.807, 2.05) is 0 Å². The van der Waals surface area contributed by atoms with Crippen molar-refractivity contribution in [2.75, 3.05) is 6.79 Å². The summed E-state index contributed by atoms with van der Waals surface area (Å²) >= 11 is 0. The maximum atomic E-state index is 4.82. The van der Waals surface area contributed by atoms with E-state index >= 15 is 0 Å². The summed E-state index contributed by atoms with van der Waals surface area (Å²) in [6, 6.07) is 0. The lowest BCUT2D eigenvalue weighted by Gasteiger charge is -1.88. The van der Waals surface area contributed by atoms with Gasteiger partial charge in [0.05, 0.1) is 0 Å². The van der Waals surface area contributed by atoms with Gasteiger partial charge < -0.3 is 9.47 Å². The van der Waals surface area contributed by atoms with Gasteiger partial charge in [-0.25, -0.2) is 0 Å². The number of allylic oxidation sites excluding steroid dienone is 1. The minimum absolute atomic E-state index is 0.335. The largest absolute Gasteiger partial charge is 0.461 e. The van der Waals surface area contributed by atoms with E-state index in [0.29, 0.717) is 12.6 Å². The SMILES string of the molecule is C=CC1=COCO1. The van der Waals surface area contributed by atoms with Crippen LogP contribution in [0.4, 0.5) is 0 Å². The van der Waals surface area contributed by atoms with Crippen molar-refractivity contribution < 1.29 is 9.47 Å². The topological polar surface area (TPSA) is 18.5 Å². The Kier molecular flexibility index (Phi) is 1.02. The van der Waals surface area contributed by atoms with E-state index in [-0.39, 0.29) is 0 Å². The number of hydrogen-bond acceptors (Lipinski definition) is 2. The molecule has 2 heteroatoms. The monoisotopic (exact) mass is 98.0 g/mol. The first-order valence-electron chi connectivity index (χ1n) is 2.00. The van der Waals surface area contributed by atoms with Crippen molar-refractivity contribution >= 4 is 0 Å². The zero-order chi connectivity index (χ0) is 5.11. The highest BCUT2D eigenvalue weighted by Gasteiger charge is 1.97. The molecule has 0 atom stereocenters. The fraction of sp³-hybridized carbons (Fsp3) is 0.200. The third kappa shape index (κ3) is 0.738. The van der Waals surface area contributed by atoms with Gasteiger partial charge in [0.25, 0.3) is 0 Å². The van der Waals surface area contributed by atoms with E-state index in [2.05, 4.69) is 6.58 Å².